The normalized spacial score (nSPS) is 17.1. The second-order valence-corrected chi connectivity index (χ2v) is 6.23. The SMILES string of the molecule is CC1CCN(CCNC(=O)c2c(F)cccc2Br)CC1. The van der Waals surface area contributed by atoms with Crippen LogP contribution in [0.2, 0.25) is 0 Å². The highest BCUT2D eigenvalue weighted by Crippen LogP contribution is 2.19. The summed E-state index contributed by atoms with van der Waals surface area (Å²) in [6, 6.07) is 4.54. The van der Waals surface area contributed by atoms with Gasteiger partial charge in [-0.25, -0.2) is 4.39 Å². The van der Waals surface area contributed by atoms with Gasteiger partial charge in [-0.2, -0.15) is 0 Å². The minimum absolute atomic E-state index is 0.0831. The number of rotatable bonds is 4. The highest BCUT2D eigenvalue weighted by molar-refractivity contribution is 9.10. The van der Waals surface area contributed by atoms with E-state index in [-0.39, 0.29) is 11.5 Å². The molecular formula is C15H20BrFN2O. The smallest absolute Gasteiger partial charge is 0.255 e. The molecule has 110 valence electrons. The first-order chi connectivity index (χ1) is 9.58. The van der Waals surface area contributed by atoms with Gasteiger partial charge in [0.05, 0.1) is 5.56 Å². The fraction of sp³-hybridized carbons (Fsp3) is 0.533. The van der Waals surface area contributed by atoms with Crippen LogP contribution in [0, 0.1) is 11.7 Å². The summed E-state index contributed by atoms with van der Waals surface area (Å²) in [6.45, 7) is 5.81. The van der Waals surface area contributed by atoms with Crippen LogP contribution in [0.3, 0.4) is 0 Å². The summed E-state index contributed by atoms with van der Waals surface area (Å²) >= 11 is 3.21. The van der Waals surface area contributed by atoms with E-state index in [0.29, 0.717) is 11.0 Å². The van der Waals surface area contributed by atoms with E-state index in [4.69, 9.17) is 0 Å². The first-order valence-corrected chi connectivity index (χ1v) is 7.82. The van der Waals surface area contributed by atoms with E-state index in [0.717, 1.165) is 25.6 Å². The van der Waals surface area contributed by atoms with Crippen LogP contribution in [0.25, 0.3) is 0 Å². The standard InChI is InChI=1S/C15H20BrFN2O/c1-11-5-8-19(9-6-11)10-7-18-15(20)14-12(16)3-2-4-13(14)17/h2-4,11H,5-10H2,1H3,(H,18,20). The zero-order chi connectivity index (χ0) is 14.5. The Morgan fingerprint density at radius 1 is 1.45 bits per heavy atom. The van der Waals surface area contributed by atoms with Crippen LogP contribution in [0.15, 0.2) is 22.7 Å². The van der Waals surface area contributed by atoms with E-state index < -0.39 is 5.82 Å². The van der Waals surface area contributed by atoms with E-state index in [1.165, 1.54) is 18.9 Å². The molecule has 1 aliphatic heterocycles. The van der Waals surface area contributed by atoms with Crippen molar-refractivity contribution in [2.24, 2.45) is 5.92 Å². The van der Waals surface area contributed by atoms with Gasteiger partial charge in [0, 0.05) is 17.6 Å². The molecule has 1 aliphatic rings. The minimum atomic E-state index is -0.497. The molecule has 1 heterocycles. The topological polar surface area (TPSA) is 32.3 Å². The van der Waals surface area contributed by atoms with Crippen molar-refractivity contribution in [3.8, 4) is 0 Å². The second-order valence-electron chi connectivity index (χ2n) is 5.38. The van der Waals surface area contributed by atoms with Gasteiger partial charge in [-0.3, -0.25) is 4.79 Å². The molecule has 0 radical (unpaired) electrons. The average molecular weight is 343 g/mol. The third-order valence-electron chi connectivity index (χ3n) is 3.78. The summed E-state index contributed by atoms with van der Waals surface area (Å²) in [7, 11) is 0. The van der Waals surface area contributed by atoms with Crippen molar-refractivity contribution in [1.29, 1.82) is 0 Å². The Morgan fingerprint density at radius 2 is 2.15 bits per heavy atom. The van der Waals surface area contributed by atoms with Crippen LogP contribution >= 0.6 is 15.9 Å². The van der Waals surface area contributed by atoms with Gasteiger partial charge in [-0.05, 0) is 59.9 Å². The lowest BCUT2D eigenvalue weighted by molar-refractivity contribution is 0.0939. The molecule has 20 heavy (non-hydrogen) atoms. The summed E-state index contributed by atoms with van der Waals surface area (Å²) in [4.78, 5) is 14.3. The van der Waals surface area contributed by atoms with Gasteiger partial charge >= 0.3 is 0 Å². The molecule has 1 N–H and O–H groups in total. The molecule has 0 aliphatic carbocycles. The third-order valence-corrected chi connectivity index (χ3v) is 4.44. The Kier molecular flexibility index (Phi) is 5.54. The van der Waals surface area contributed by atoms with Gasteiger partial charge in [0.25, 0.3) is 5.91 Å². The number of likely N-dealkylation sites (tertiary alicyclic amines) is 1. The van der Waals surface area contributed by atoms with Crippen LogP contribution in [-0.2, 0) is 0 Å². The Morgan fingerprint density at radius 3 is 2.80 bits per heavy atom. The molecule has 1 aromatic carbocycles. The largest absolute Gasteiger partial charge is 0.351 e. The Labute approximate surface area is 127 Å². The van der Waals surface area contributed by atoms with E-state index >= 15 is 0 Å². The molecule has 0 spiro atoms. The molecule has 2 rings (SSSR count). The number of halogens is 2. The number of hydrogen-bond acceptors (Lipinski definition) is 2. The summed E-state index contributed by atoms with van der Waals surface area (Å²) in [5, 5.41) is 2.79. The van der Waals surface area contributed by atoms with Crippen LogP contribution in [0.1, 0.15) is 30.1 Å². The predicted molar refractivity (Wildman–Crippen MR) is 81.3 cm³/mol. The molecule has 3 nitrogen and oxygen atoms in total. The van der Waals surface area contributed by atoms with Gasteiger partial charge in [0.15, 0.2) is 0 Å². The minimum Gasteiger partial charge on any atom is -0.351 e. The lowest BCUT2D eigenvalue weighted by Crippen LogP contribution is -2.39. The molecule has 0 bridgehead atoms. The second kappa shape index (κ2) is 7.18. The van der Waals surface area contributed by atoms with Crippen molar-refractivity contribution in [1.82, 2.24) is 10.2 Å². The molecule has 0 unspecified atom stereocenters. The van der Waals surface area contributed by atoms with Gasteiger partial charge in [0.2, 0.25) is 0 Å². The van der Waals surface area contributed by atoms with Gasteiger partial charge in [-0.15, -0.1) is 0 Å². The average Bonchev–Trinajstić information content (AvgIpc) is 2.41. The van der Waals surface area contributed by atoms with Crippen LogP contribution in [0.4, 0.5) is 4.39 Å². The number of carbonyl (C=O) groups is 1. The molecule has 1 aromatic rings. The van der Waals surface area contributed by atoms with Crippen LogP contribution in [0.5, 0.6) is 0 Å². The molecule has 1 fully saturated rings. The molecule has 1 saturated heterocycles. The maximum Gasteiger partial charge on any atom is 0.255 e. The molecular weight excluding hydrogens is 323 g/mol. The lowest BCUT2D eigenvalue weighted by Gasteiger charge is -2.30. The van der Waals surface area contributed by atoms with E-state index in [1.807, 2.05) is 0 Å². The zero-order valence-electron chi connectivity index (χ0n) is 11.7. The molecule has 0 aromatic heterocycles. The van der Waals surface area contributed by atoms with E-state index in [1.54, 1.807) is 12.1 Å². The maximum atomic E-state index is 13.6. The third kappa shape index (κ3) is 4.03. The molecule has 0 saturated carbocycles. The zero-order valence-corrected chi connectivity index (χ0v) is 13.2. The first kappa shape index (κ1) is 15.4. The summed E-state index contributed by atoms with van der Waals surface area (Å²) < 4.78 is 14.1. The number of piperidine rings is 1. The Bertz CT molecular complexity index is 453. The van der Waals surface area contributed by atoms with Crippen molar-refractivity contribution in [2.45, 2.75) is 19.8 Å². The fourth-order valence-electron chi connectivity index (χ4n) is 2.42. The van der Waals surface area contributed by atoms with Gasteiger partial charge in [0.1, 0.15) is 5.82 Å². The number of carbonyl (C=O) groups excluding carboxylic acids is 1. The number of nitrogens with one attached hydrogen (secondary N) is 1. The van der Waals surface area contributed by atoms with Crippen molar-refractivity contribution in [3.05, 3.63) is 34.1 Å². The van der Waals surface area contributed by atoms with Crippen LogP contribution in [-0.4, -0.2) is 37.0 Å². The summed E-state index contributed by atoms with van der Waals surface area (Å²) in [5.74, 6) is -0.0563. The summed E-state index contributed by atoms with van der Waals surface area (Å²) in [6.07, 6.45) is 2.43. The number of hydrogen-bond donors (Lipinski definition) is 1. The van der Waals surface area contributed by atoms with E-state index in [9.17, 15) is 9.18 Å². The lowest BCUT2D eigenvalue weighted by atomic mass is 9.99. The van der Waals surface area contributed by atoms with Crippen LogP contribution < -0.4 is 5.32 Å². The van der Waals surface area contributed by atoms with Crippen molar-refractivity contribution < 1.29 is 9.18 Å². The summed E-state index contributed by atoms with van der Waals surface area (Å²) in [5.41, 5.74) is 0.0831. The first-order valence-electron chi connectivity index (χ1n) is 7.02. The van der Waals surface area contributed by atoms with Crippen molar-refractivity contribution >= 4 is 21.8 Å². The van der Waals surface area contributed by atoms with Gasteiger partial charge < -0.3 is 10.2 Å². The monoisotopic (exact) mass is 342 g/mol. The number of nitrogens with zero attached hydrogens (tertiary/aromatic N) is 1. The highest BCUT2D eigenvalue weighted by atomic mass is 79.9. The maximum absolute atomic E-state index is 13.6. The number of amides is 1. The van der Waals surface area contributed by atoms with Crippen molar-refractivity contribution in [3.63, 3.8) is 0 Å². The Hall–Kier alpha value is -0.940. The molecule has 5 heteroatoms. The molecule has 0 atom stereocenters. The quantitative estimate of drug-likeness (QED) is 0.911. The Balaban J connectivity index is 1.81. The highest BCUT2D eigenvalue weighted by Gasteiger charge is 2.17. The predicted octanol–water partition coefficient (Wildman–Crippen LogP) is 3.05. The van der Waals surface area contributed by atoms with Gasteiger partial charge in [-0.1, -0.05) is 13.0 Å². The fourth-order valence-corrected chi connectivity index (χ4v) is 2.94. The molecule has 1 amide bonds. The van der Waals surface area contributed by atoms with E-state index in [2.05, 4.69) is 33.1 Å². The van der Waals surface area contributed by atoms with Crippen molar-refractivity contribution in [2.75, 3.05) is 26.2 Å². The number of benzene rings is 1.